The number of benzene rings is 3. The number of halogens is 2. The topological polar surface area (TPSA) is 105 Å². The summed E-state index contributed by atoms with van der Waals surface area (Å²) in [5.41, 5.74) is 8.94. The molecule has 2 N–H and O–H groups in total. The van der Waals surface area contributed by atoms with Crippen molar-refractivity contribution >= 4 is 28.7 Å². The van der Waals surface area contributed by atoms with E-state index in [1.54, 1.807) is 42.5 Å². The molecular formula is C29H21F2N5O3. The number of anilines is 1. The Labute approximate surface area is 221 Å². The number of nitrogen functional groups attached to an aromatic ring is 1. The van der Waals surface area contributed by atoms with Gasteiger partial charge >= 0.3 is 0 Å². The van der Waals surface area contributed by atoms with E-state index in [2.05, 4.69) is 9.97 Å². The number of nitrogens with two attached hydrogens (primary N) is 1. The van der Waals surface area contributed by atoms with Crippen LogP contribution in [0.2, 0.25) is 0 Å². The molecule has 1 atom stereocenters. The van der Waals surface area contributed by atoms with Crippen molar-refractivity contribution in [1.29, 1.82) is 0 Å². The molecule has 8 nitrogen and oxygen atoms in total. The molecule has 0 radical (unpaired) electrons. The van der Waals surface area contributed by atoms with E-state index < -0.39 is 17.6 Å². The molecule has 5 aromatic rings. The van der Waals surface area contributed by atoms with Gasteiger partial charge in [0.2, 0.25) is 0 Å². The maximum absolute atomic E-state index is 14.6. The number of carbonyl (C=O) groups excluding carboxylic acids is 1. The van der Waals surface area contributed by atoms with Crippen LogP contribution in [0.25, 0.3) is 27.9 Å². The largest absolute Gasteiger partial charge is 0.493 e. The summed E-state index contributed by atoms with van der Waals surface area (Å²) < 4.78 is 42.1. The first-order chi connectivity index (χ1) is 19.0. The Balaban J connectivity index is 1.58. The molecule has 0 aliphatic carbocycles. The zero-order valence-electron chi connectivity index (χ0n) is 20.6. The van der Waals surface area contributed by atoms with Gasteiger partial charge in [-0.05, 0) is 35.9 Å². The van der Waals surface area contributed by atoms with E-state index in [1.807, 2.05) is 6.07 Å². The molecular weight excluding hydrogens is 504 g/mol. The Morgan fingerprint density at radius 1 is 1.08 bits per heavy atom. The standard InChI is InChI=1S/C29H21F2N5O3/c1-38-27-19(9-5-10-21(27)31)26-25-28(32)33-15-34-29(25)36(35-26)13-23-24(16-6-4-7-17(30)12-16)20(14-37)18-8-2-3-11-22(18)39-23/h2-12,14-15,20H,13H2,1H3,(H2,32,33,34). The fourth-order valence-electron chi connectivity index (χ4n) is 4.97. The lowest BCUT2D eigenvalue weighted by atomic mass is 9.84. The van der Waals surface area contributed by atoms with Crippen LogP contribution in [0.1, 0.15) is 17.0 Å². The molecule has 0 bridgehead atoms. The highest BCUT2D eigenvalue weighted by atomic mass is 19.1. The van der Waals surface area contributed by atoms with Gasteiger partial charge in [0.05, 0.1) is 18.4 Å². The van der Waals surface area contributed by atoms with Crippen molar-refractivity contribution in [2.75, 3.05) is 12.8 Å². The monoisotopic (exact) mass is 525 g/mol. The van der Waals surface area contributed by atoms with Gasteiger partial charge < -0.3 is 20.0 Å². The second-order valence-corrected chi connectivity index (χ2v) is 8.89. The molecule has 194 valence electrons. The first kappa shape index (κ1) is 24.2. The van der Waals surface area contributed by atoms with E-state index in [0.717, 1.165) is 6.29 Å². The average molecular weight is 526 g/mol. The second-order valence-electron chi connectivity index (χ2n) is 8.89. The van der Waals surface area contributed by atoms with Gasteiger partial charge in [-0.25, -0.2) is 23.4 Å². The van der Waals surface area contributed by atoms with Gasteiger partial charge in [0.25, 0.3) is 0 Å². The summed E-state index contributed by atoms with van der Waals surface area (Å²) in [6.45, 7) is 0.00903. The smallest absolute Gasteiger partial charge is 0.165 e. The van der Waals surface area contributed by atoms with Gasteiger partial charge in [-0.2, -0.15) is 5.10 Å². The summed E-state index contributed by atoms with van der Waals surface area (Å²) in [6, 6.07) is 17.6. The Bertz CT molecular complexity index is 1780. The van der Waals surface area contributed by atoms with E-state index in [1.165, 1.54) is 36.3 Å². The molecule has 10 heteroatoms. The van der Waals surface area contributed by atoms with E-state index in [9.17, 15) is 13.6 Å². The molecule has 1 aliphatic heterocycles. The van der Waals surface area contributed by atoms with Crippen molar-refractivity contribution in [3.05, 3.63) is 102 Å². The molecule has 1 unspecified atom stereocenters. The Morgan fingerprint density at radius 3 is 2.69 bits per heavy atom. The lowest BCUT2D eigenvalue weighted by molar-refractivity contribution is -0.108. The van der Waals surface area contributed by atoms with E-state index >= 15 is 0 Å². The number of rotatable bonds is 6. The average Bonchev–Trinajstić information content (AvgIpc) is 3.31. The Kier molecular flexibility index (Phi) is 5.99. The number of ether oxygens (including phenoxy) is 2. The first-order valence-corrected chi connectivity index (χ1v) is 12.0. The van der Waals surface area contributed by atoms with Crippen molar-refractivity contribution < 1.29 is 23.0 Å². The molecule has 6 rings (SSSR count). The number of allylic oxidation sites excluding steroid dienone is 2. The summed E-state index contributed by atoms with van der Waals surface area (Å²) in [4.78, 5) is 20.9. The van der Waals surface area contributed by atoms with Crippen molar-refractivity contribution in [2.24, 2.45) is 0 Å². The van der Waals surface area contributed by atoms with Crippen LogP contribution in [0, 0.1) is 11.6 Å². The maximum Gasteiger partial charge on any atom is 0.165 e. The summed E-state index contributed by atoms with van der Waals surface area (Å²) in [5, 5.41) is 5.13. The minimum Gasteiger partial charge on any atom is -0.493 e. The summed E-state index contributed by atoms with van der Waals surface area (Å²) in [7, 11) is 1.36. The Hall–Kier alpha value is -5.12. The Morgan fingerprint density at radius 2 is 1.90 bits per heavy atom. The van der Waals surface area contributed by atoms with Crippen LogP contribution in [-0.2, 0) is 11.3 Å². The third kappa shape index (κ3) is 4.06. The van der Waals surface area contributed by atoms with Crippen LogP contribution < -0.4 is 15.2 Å². The molecule has 0 saturated carbocycles. The number of para-hydroxylation sites is 2. The van der Waals surface area contributed by atoms with Crippen LogP contribution in [-0.4, -0.2) is 33.1 Å². The van der Waals surface area contributed by atoms with Crippen LogP contribution >= 0.6 is 0 Å². The number of aromatic nitrogens is 4. The molecule has 3 heterocycles. The molecule has 0 saturated heterocycles. The molecule has 1 aliphatic rings. The summed E-state index contributed by atoms with van der Waals surface area (Å²) in [5.74, 6) is -0.712. The fourth-order valence-corrected chi connectivity index (χ4v) is 4.97. The highest BCUT2D eigenvalue weighted by Gasteiger charge is 2.32. The van der Waals surface area contributed by atoms with E-state index in [0.29, 0.717) is 50.5 Å². The van der Waals surface area contributed by atoms with Crippen LogP contribution in [0.4, 0.5) is 14.6 Å². The minimum absolute atomic E-state index is 0.00386. The maximum atomic E-state index is 14.6. The second kappa shape index (κ2) is 9.64. The van der Waals surface area contributed by atoms with Crippen molar-refractivity contribution in [3.8, 4) is 22.8 Å². The number of fused-ring (bicyclic) bond motifs is 2. The number of carbonyl (C=O) groups is 1. The lowest BCUT2D eigenvalue weighted by Crippen LogP contribution is -2.20. The predicted octanol–water partition coefficient (Wildman–Crippen LogP) is 5.15. The summed E-state index contributed by atoms with van der Waals surface area (Å²) in [6.07, 6.45) is 2.11. The predicted molar refractivity (Wildman–Crippen MR) is 141 cm³/mol. The number of nitrogens with zero attached hydrogens (tertiary/aromatic N) is 4. The van der Waals surface area contributed by atoms with Crippen molar-refractivity contribution in [3.63, 3.8) is 0 Å². The van der Waals surface area contributed by atoms with Gasteiger partial charge in [-0.1, -0.05) is 36.4 Å². The molecule has 0 amide bonds. The van der Waals surface area contributed by atoms with E-state index in [4.69, 9.17) is 20.3 Å². The molecule has 3 aromatic carbocycles. The fraction of sp³-hybridized carbons (Fsp3) is 0.103. The first-order valence-electron chi connectivity index (χ1n) is 12.0. The van der Waals surface area contributed by atoms with Gasteiger partial charge in [-0.15, -0.1) is 0 Å². The van der Waals surface area contributed by atoms with Crippen molar-refractivity contribution in [1.82, 2.24) is 19.7 Å². The van der Waals surface area contributed by atoms with Gasteiger partial charge in [0.15, 0.2) is 17.2 Å². The van der Waals surface area contributed by atoms with Crippen LogP contribution in [0.5, 0.6) is 11.5 Å². The molecule has 2 aromatic heterocycles. The highest BCUT2D eigenvalue weighted by molar-refractivity contribution is 5.99. The normalized spacial score (nSPS) is 14.7. The molecule has 0 spiro atoms. The number of aldehydes is 1. The van der Waals surface area contributed by atoms with Crippen LogP contribution in [0.3, 0.4) is 0 Å². The number of hydrogen-bond acceptors (Lipinski definition) is 7. The minimum atomic E-state index is -0.712. The van der Waals surface area contributed by atoms with Gasteiger partial charge in [0.1, 0.15) is 48.0 Å². The number of methoxy groups -OCH3 is 1. The zero-order valence-corrected chi connectivity index (χ0v) is 20.6. The summed E-state index contributed by atoms with van der Waals surface area (Å²) >= 11 is 0. The van der Waals surface area contributed by atoms with Gasteiger partial charge in [-0.3, -0.25) is 0 Å². The third-order valence-electron chi connectivity index (χ3n) is 6.65. The van der Waals surface area contributed by atoms with Crippen LogP contribution in [0.15, 0.2) is 78.8 Å². The van der Waals surface area contributed by atoms with Gasteiger partial charge in [0, 0.05) is 16.7 Å². The van der Waals surface area contributed by atoms with Crippen molar-refractivity contribution in [2.45, 2.75) is 12.5 Å². The highest BCUT2D eigenvalue weighted by Crippen LogP contribution is 2.44. The van der Waals surface area contributed by atoms with E-state index in [-0.39, 0.29) is 18.1 Å². The quantitative estimate of drug-likeness (QED) is 0.306. The third-order valence-corrected chi connectivity index (χ3v) is 6.65. The SMILES string of the molecule is COc1c(F)cccc1-c1nn(CC2=C(c3cccc(F)c3)C(C=O)c3ccccc3O2)c2ncnc(N)c12. The molecule has 0 fully saturated rings. The number of hydrogen-bond donors (Lipinski definition) is 1. The zero-order chi connectivity index (χ0) is 27.1. The lowest BCUT2D eigenvalue weighted by Gasteiger charge is -2.28. The molecule has 39 heavy (non-hydrogen) atoms.